The number of hydrogen-bond donors (Lipinski definition) is 0. The van der Waals surface area contributed by atoms with Gasteiger partial charge in [-0.3, -0.25) is 4.79 Å². The maximum Gasteiger partial charge on any atom is 0.252 e. The SMILES string of the molecule is CCOCCn1c(=NC(=O)Cc2cccc(OC)c2)sc2cc(F)cc(F)c21. The highest BCUT2D eigenvalue weighted by atomic mass is 32.1. The van der Waals surface area contributed by atoms with Crippen LogP contribution < -0.4 is 9.54 Å². The first kappa shape index (κ1) is 20.2. The molecule has 0 bridgehead atoms. The number of carbonyl (C=O) groups is 1. The van der Waals surface area contributed by atoms with Crippen LogP contribution in [0.15, 0.2) is 41.4 Å². The number of methoxy groups -OCH3 is 1. The number of nitrogens with zero attached hydrogens (tertiary/aromatic N) is 2. The van der Waals surface area contributed by atoms with Crippen molar-refractivity contribution < 1.29 is 23.0 Å². The zero-order valence-corrected chi connectivity index (χ0v) is 16.4. The molecule has 5 nitrogen and oxygen atoms in total. The fourth-order valence-corrected chi connectivity index (χ4v) is 3.94. The van der Waals surface area contributed by atoms with E-state index in [1.165, 1.54) is 6.07 Å². The Hall–Kier alpha value is -2.58. The van der Waals surface area contributed by atoms with Crippen molar-refractivity contribution in [2.45, 2.75) is 19.9 Å². The number of thiazole rings is 1. The third kappa shape index (κ3) is 4.63. The molecule has 0 aliphatic rings. The van der Waals surface area contributed by atoms with Crippen molar-refractivity contribution in [3.05, 3.63) is 58.4 Å². The first-order chi connectivity index (χ1) is 13.5. The zero-order valence-electron chi connectivity index (χ0n) is 15.6. The lowest BCUT2D eigenvalue weighted by Gasteiger charge is -2.06. The van der Waals surface area contributed by atoms with Crippen molar-refractivity contribution in [1.29, 1.82) is 0 Å². The van der Waals surface area contributed by atoms with Gasteiger partial charge in [-0.05, 0) is 30.7 Å². The molecule has 1 amide bonds. The molecule has 0 saturated heterocycles. The number of hydrogen-bond acceptors (Lipinski definition) is 4. The van der Waals surface area contributed by atoms with Gasteiger partial charge in [-0.15, -0.1) is 0 Å². The molecule has 0 fully saturated rings. The molecule has 0 saturated carbocycles. The molecule has 1 heterocycles. The number of aromatic nitrogens is 1. The summed E-state index contributed by atoms with van der Waals surface area (Å²) in [5.41, 5.74) is 0.978. The summed E-state index contributed by atoms with van der Waals surface area (Å²) < 4.78 is 40.4. The van der Waals surface area contributed by atoms with E-state index >= 15 is 0 Å². The van der Waals surface area contributed by atoms with Gasteiger partial charge in [-0.1, -0.05) is 23.5 Å². The molecule has 8 heteroatoms. The molecule has 0 radical (unpaired) electrons. The van der Waals surface area contributed by atoms with Gasteiger partial charge < -0.3 is 14.0 Å². The number of benzene rings is 2. The Balaban J connectivity index is 1.98. The largest absolute Gasteiger partial charge is 0.497 e. The number of fused-ring (bicyclic) bond motifs is 1. The Morgan fingerprint density at radius 1 is 1.25 bits per heavy atom. The Morgan fingerprint density at radius 3 is 2.82 bits per heavy atom. The Morgan fingerprint density at radius 2 is 2.07 bits per heavy atom. The molecule has 3 rings (SSSR count). The topological polar surface area (TPSA) is 52.8 Å². The van der Waals surface area contributed by atoms with Crippen molar-refractivity contribution in [3.63, 3.8) is 0 Å². The quantitative estimate of drug-likeness (QED) is 0.563. The highest BCUT2D eigenvalue weighted by Crippen LogP contribution is 2.22. The molecule has 0 unspecified atom stereocenters. The Bertz CT molecular complexity index is 1060. The average molecular weight is 406 g/mol. The van der Waals surface area contributed by atoms with Crippen molar-refractivity contribution in [2.75, 3.05) is 20.3 Å². The van der Waals surface area contributed by atoms with Gasteiger partial charge in [0.2, 0.25) is 0 Å². The van der Waals surface area contributed by atoms with Gasteiger partial charge >= 0.3 is 0 Å². The van der Waals surface area contributed by atoms with Crippen LogP contribution in [0, 0.1) is 11.6 Å². The van der Waals surface area contributed by atoms with Crippen LogP contribution in [0.4, 0.5) is 8.78 Å². The fourth-order valence-electron chi connectivity index (χ4n) is 2.83. The van der Waals surface area contributed by atoms with Gasteiger partial charge in [0.15, 0.2) is 10.6 Å². The summed E-state index contributed by atoms with van der Waals surface area (Å²) in [7, 11) is 1.55. The van der Waals surface area contributed by atoms with Crippen LogP contribution in [0.5, 0.6) is 5.75 Å². The first-order valence-corrected chi connectivity index (χ1v) is 9.60. The zero-order chi connectivity index (χ0) is 20.1. The second-order valence-electron chi connectivity index (χ2n) is 6.00. The molecule has 1 aromatic heterocycles. The number of carbonyl (C=O) groups excluding carboxylic acids is 1. The molecule has 0 aliphatic heterocycles. The van der Waals surface area contributed by atoms with Crippen LogP contribution in [-0.2, 0) is 22.5 Å². The standard InChI is InChI=1S/C20H20F2N2O3S/c1-3-27-8-7-24-19-16(22)11-14(21)12-17(19)28-20(24)23-18(25)10-13-5-4-6-15(9-13)26-2/h4-6,9,11-12H,3,7-8,10H2,1-2H3. The Kier molecular flexibility index (Phi) is 6.53. The summed E-state index contributed by atoms with van der Waals surface area (Å²) in [5.74, 6) is -1.09. The van der Waals surface area contributed by atoms with Crippen molar-refractivity contribution >= 4 is 27.5 Å². The van der Waals surface area contributed by atoms with Crippen molar-refractivity contribution in [2.24, 2.45) is 4.99 Å². The lowest BCUT2D eigenvalue weighted by atomic mass is 10.1. The predicted molar refractivity (Wildman–Crippen MR) is 103 cm³/mol. The summed E-state index contributed by atoms with van der Waals surface area (Å²) in [6.45, 7) is 3.01. The highest BCUT2D eigenvalue weighted by molar-refractivity contribution is 7.16. The normalized spacial score (nSPS) is 11.9. The van der Waals surface area contributed by atoms with E-state index in [0.717, 1.165) is 23.0 Å². The smallest absolute Gasteiger partial charge is 0.252 e. The van der Waals surface area contributed by atoms with Gasteiger partial charge in [-0.2, -0.15) is 4.99 Å². The van der Waals surface area contributed by atoms with Crippen LogP contribution in [-0.4, -0.2) is 30.8 Å². The predicted octanol–water partition coefficient (Wildman–Crippen LogP) is 3.70. The number of halogens is 2. The van der Waals surface area contributed by atoms with Gasteiger partial charge in [0.05, 0.1) is 30.4 Å². The molecule has 0 aliphatic carbocycles. The monoisotopic (exact) mass is 406 g/mol. The molecule has 148 valence electrons. The molecule has 0 N–H and O–H groups in total. The average Bonchev–Trinajstić information content (AvgIpc) is 2.99. The molecule has 0 atom stereocenters. The van der Waals surface area contributed by atoms with Gasteiger partial charge in [0.25, 0.3) is 5.91 Å². The second kappa shape index (κ2) is 9.07. The summed E-state index contributed by atoms with van der Waals surface area (Å²) >= 11 is 1.07. The van der Waals surface area contributed by atoms with E-state index in [-0.39, 0.29) is 17.8 Å². The van der Waals surface area contributed by atoms with Crippen LogP contribution in [0.2, 0.25) is 0 Å². The van der Waals surface area contributed by atoms with Crippen LogP contribution in [0.3, 0.4) is 0 Å². The van der Waals surface area contributed by atoms with Crippen molar-refractivity contribution in [1.82, 2.24) is 4.57 Å². The van der Waals surface area contributed by atoms with E-state index in [4.69, 9.17) is 9.47 Å². The third-order valence-corrected chi connectivity index (χ3v) is 5.09. The van der Waals surface area contributed by atoms with Gasteiger partial charge in [-0.25, -0.2) is 8.78 Å². The highest BCUT2D eigenvalue weighted by Gasteiger charge is 2.14. The molecule has 2 aromatic carbocycles. The van der Waals surface area contributed by atoms with E-state index in [1.807, 2.05) is 6.92 Å². The minimum atomic E-state index is -0.690. The minimum Gasteiger partial charge on any atom is -0.497 e. The van der Waals surface area contributed by atoms with Crippen LogP contribution >= 0.6 is 11.3 Å². The molecule has 3 aromatic rings. The van der Waals surface area contributed by atoms with E-state index in [1.54, 1.807) is 35.9 Å². The maximum atomic E-state index is 14.4. The van der Waals surface area contributed by atoms with E-state index in [9.17, 15) is 13.6 Å². The molecule has 28 heavy (non-hydrogen) atoms. The summed E-state index contributed by atoms with van der Waals surface area (Å²) in [6.07, 6.45) is 0.0771. The third-order valence-electron chi connectivity index (χ3n) is 4.07. The van der Waals surface area contributed by atoms with Gasteiger partial charge in [0.1, 0.15) is 11.6 Å². The molecular weight excluding hydrogens is 386 g/mol. The van der Waals surface area contributed by atoms with E-state index in [0.29, 0.717) is 35.0 Å². The maximum absolute atomic E-state index is 14.4. The van der Waals surface area contributed by atoms with E-state index < -0.39 is 11.6 Å². The van der Waals surface area contributed by atoms with Crippen LogP contribution in [0.25, 0.3) is 10.2 Å². The summed E-state index contributed by atoms with van der Waals surface area (Å²) in [6, 6.07) is 9.22. The van der Waals surface area contributed by atoms with Crippen molar-refractivity contribution in [3.8, 4) is 5.75 Å². The lowest BCUT2D eigenvalue weighted by Crippen LogP contribution is -2.20. The minimum absolute atomic E-state index is 0.0771. The number of rotatable bonds is 7. The van der Waals surface area contributed by atoms with Gasteiger partial charge in [0, 0.05) is 19.2 Å². The second-order valence-corrected chi connectivity index (χ2v) is 7.01. The van der Waals surface area contributed by atoms with E-state index in [2.05, 4.69) is 4.99 Å². The lowest BCUT2D eigenvalue weighted by molar-refractivity contribution is -0.117. The molecular formula is C20H20F2N2O3S. The Labute approximate surface area is 164 Å². The number of amides is 1. The first-order valence-electron chi connectivity index (χ1n) is 8.78. The number of ether oxygens (including phenoxy) is 2. The fraction of sp³-hybridized carbons (Fsp3) is 0.300. The summed E-state index contributed by atoms with van der Waals surface area (Å²) in [4.78, 5) is 16.9. The summed E-state index contributed by atoms with van der Waals surface area (Å²) in [5, 5.41) is 0. The van der Waals surface area contributed by atoms with Crippen LogP contribution in [0.1, 0.15) is 12.5 Å². The molecule has 0 spiro atoms.